The van der Waals surface area contributed by atoms with E-state index < -0.39 is 23.4 Å². The molecule has 214 valence electrons. The molecule has 3 aromatic rings. The Morgan fingerprint density at radius 1 is 1.18 bits per heavy atom. The van der Waals surface area contributed by atoms with Crippen molar-refractivity contribution in [1.29, 1.82) is 0 Å². The Kier molecular flexibility index (Phi) is 9.48. The van der Waals surface area contributed by atoms with Crippen LogP contribution in [0.1, 0.15) is 42.3 Å². The topological polar surface area (TPSA) is 101 Å². The first-order valence-electron chi connectivity index (χ1n) is 12.9. The zero-order valence-electron chi connectivity index (χ0n) is 23.3. The lowest BCUT2D eigenvalue weighted by atomic mass is 9.99. The summed E-state index contributed by atoms with van der Waals surface area (Å²) in [5.74, 6) is -0.316. The van der Waals surface area contributed by atoms with Gasteiger partial charge in [0.25, 0.3) is 5.91 Å². The van der Waals surface area contributed by atoms with Crippen molar-refractivity contribution in [2.45, 2.75) is 39.8 Å². The van der Waals surface area contributed by atoms with Crippen molar-refractivity contribution in [3.05, 3.63) is 58.9 Å². The minimum absolute atomic E-state index is 0.0607. The second-order valence-electron chi connectivity index (χ2n) is 10.8. The van der Waals surface area contributed by atoms with Gasteiger partial charge in [0.1, 0.15) is 11.9 Å². The molecule has 2 aromatic carbocycles. The molecule has 0 spiro atoms. The average molecular weight is 588 g/mol. The van der Waals surface area contributed by atoms with Crippen molar-refractivity contribution in [2.75, 3.05) is 33.1 Å². The third kappa shape index (κ3) is 7.00. The number of rotatable bonds is 9. The third-order valence-corrected chi connectivity index (χ3v) is 9.07. The van der Waals surface area contributed by atoms with E-state index >= 15 is 0 Å². The molecule has 1 aliphatic heterocycles. The Balaban J connectivity index is 1.41. The molecule has 1 atom stereocenters. The Morgan fingerprint density at radius 2 is 1.90 bits per heavy atom. The summed E-state index contributed by atoms with van der Waals surface area (Å²) in [5.41, 5.74) is 4.11. The largest absolute Gasteiger partial charge is 0.443 e. The molecule has 8 nitrogen and oxygen atoms in total. The maximum atomic E-state index is 14.2. The quantitative estimate of drug-likeness (QED) is 0.305. The van der Waals surface area contributed by atoms with E-state index in [2.05, 4.69) is 10.3 Å². The fourth-order valence-corrected chi connectivity index (χ4v) is 6.85. The molecule has 2 N–H and O–H groups in total. The van der Waals surface area contributed by atoms with Gasteiger partial charge in [0.15, 0.2) is 0 Å². The molecular weight excluding hydrogens is 553 g/mol. The molecule has 2 heterocycles. The van der Waals surface area contributed by atoms with Gasteiger partial charge in [-0.1, -0.05) is 55.8 Å². The minimum atomic E-state index is -0.494. The highest BCUT2D eigenvalue weighted by molar-refractivity contribution is 8.82. The molecule has 2 amide bonds. The molecule has 0 unspecified atom stereocenters. The standard InChI is InChI=1S/C29H34FN3O5S2/c1-29(2,3)27(35)40-39-16-20(15-37-5)38-28(36)33(4)14-17-6-8-18(9-7-17)25-21-10-11-31-26(34)22-12-19(30)13-23(32-25)24(21)22/h6-9,12-13,20,32H,10-11,14-16H2,1-5H3,(H,31,34)/t20-/m0/s1. The molecular formula is C29H34FN3O5S2. The van der Waals surface area contributed by atoms with Crippen LogP contribution in [0.2, 0.25) is 0 Å². The molecule has 0 saturated carbocycles. The number of halogens is 1. The van der Waals surface area contributed by atoms with Crippen LogP contribution < -0.4 is 5.32 Å². The Morgan fingerprint density at radius 3 is 2.58 bits per heavy atom. The maximum Gasteiger partial charge on any atom is 0.410 e. The van der Waals surface area contributed by atoms with Crippen LogP contribution in [-0.4, -0.2) is 66.2 Å². The van der Waals surface area contributed by atoms with E-state index in [4.69, 9.17) is 9.47 Å². The highest BCUT2D eigenvalue weighted by Gasteiger charge is 2.25. The van der Waals surface area contributed by atoms with E-state index in [0.29, 0.717) is 36.3 Å². The molecule has 0 saturated heterocycles. The fraction of sp³-hybridized carbons (Fsp3) is 0.414. The zero-order chi connectivity index (χ0) is 29.0. The van der Waals surface area contributed by atoms with Crippen molar-refractivity contribution in [3.63, 3.8) is 0 Å². The summed E-state index contributed by atoms with van der Waals surface area (Å²) in [6.45, 7) is 6.62. The van der Waals surface area contributed by atoms with Crippen LogP contribution in [-0.2, 0) is 27.2 Å². The van der Waals surface area contributed by atoms with Gasteiger partial charge in [-0.2, -0.15) is 0 Å². The van der Waals surface area contributed by atoms with Crippen LogP contribution in [0.4, 0.5) is 9.18 Å². The summed E-state index contributed by atoms with van der Waals surface area (Å²) in [6.07, 6.45) is -0.353. The molecule has 0 radical (unpaired) electrons. The molecule has 0 fully saturated rings. The van der Waals surface area contributed by atoms with Crippen molar-refractivity contribution in [1.82, 2.24) is 15.2 Å². The first kappa shape index (κ1) is 30.0. The van der Waals surface area contributed by atoms with Gasteiger partial charge >= 0.3 is 6.09 Å². The van der Waals surface area contributed by atoms with Crippen molar-refractivity contribution in [3.8, 4) is 11.3 Å². The van der Waals surface area contributed by atoms with Crippen LogP contribution in [0, 0.1) is 11.2 Å². The van der Waals surface area contributed by atoms with Crippen LogP contribution in [0.15, 0.2) is 36.4 Å². The maximum absolute atomic E-state index is 14.2. The van der Waals surface area contributed by atoms with Crippen LogP contribution in [0.25, 0.3) is 22.2 Å². The second kappa shape index (κ2) is 12.7. The Hall–Kier alpha value is -3.02. The van der Waals surface area contributed by atoms with Gasteiger partial charge < -0.3 is 24.7 Å². The lowest BCUT2D eigenvalue weighted by Gasteiger charge is -2.22. The number of benzene rings is 2. The number of carbonyl (C=O) groups excluding carboxylic acids is 3. The smallest absolute Gasteiger partial charge is 0.410 e. The second-order valence-corrected chi connectivity index (χ2v) is 13.1. The summed E-state index contributed by atoms with van der Waals surface area (Å²) < 4.78 is 25.0. The van der Waals surface area contributed by atoms with E-state index in [9.17, 15) is 18.8 Å². The van der Waals surface area contributed by atoms with Crippen molar-refractivity contribution < 1.29 is 28.2 Å². The van der Waals surface area contributed by atoms with E-state index in [0.717, 1.165) is 38.6 Å². The lowest BCUT2D eigenvalue weighted by molar-refractivity contribution is -0.117. The number of hydrogen-bond donors (Lipinski definition) is 2. The highest BCUT2D eigenvalue weighted by Crippen LogP contribution is 2.35. The molecule has 0 aliphatic carbocycles. The first-order valence-corrected chi connectivity index (χ1v) is 15.3. The average Bonchev–Trinajstić information content (AvgIpc) is 3.16. The minimum Gasteiger partial charge on any atom is -0.443 e. The van der Waals surface area contributed by atoms with Crippen LogP contribution in [0.3, 0.4) is 0 Å². The number of aromatic amines is 1. The van der Waals surface area contributed by atoms with Crippen molar-refractivity contribution >= 4 is 49.6 Å². The number of nitrogens with zero attached hydrogens (tertiary/aromatic N) is 1. The number of amides is 2. The summed E-state index contributed by atoms with van der Waals surface area (Å²) in [6, 6.07) is 10.4. The van der Waals surface area contributed by atoms with Crippen LogP contribution >= 0.6 is 21.6 Å². The zero-order valence-corrected chi connectivity index (χ0v) is 24.9. The molecule has 1 aliphatic rings. The van der Waals surface area contributed by atoms with Gasteiger partial charge in [-0.15, -0.1) is 0 Å². The molecule has 0 bridgehead atoms. The summed E-state index contributed by atoms with van der Waals surface area (Å²) in [5, 5.41) is 3.65. The number of aromatic nitrogens is 1. The van der Waals surface area contributed by atoms with Crippen LogP contribution in [0.5, 0.6) is 0 Å². The van der Waals surface area contributed by atoms with E-state index in [1.165, 1.54) is 27.8 Å². The van der Waals surface area contributed by atoms with E-state index in [1.54, 1.807) is 14.2 Å². The Bertz CT molecular complexity index is 1400. The van der Waals surface area contributed by atoms with Gasteiger partial charge in [-0.05, 0) is 46.0 Å². The number of carbonyl (C=O) groups is 3. The van der Waals surface area contributed by atoms with Gasteiger partial charge in [-0.25, -0.2) is 9.18 Å². The van der Waals surface area contributed by atoms with Gasteiger partial charge in [0, 0.05) is 55.0 Å². The SMILES string of the molecule is COC[C@@H](CSSC(=O)C(C)(C)C)OC(=O)N(C)Cc1ccc(-c2[nH]c3cc(F)cc4c3c2CCNC4=O)cc1. The first-order chi connectivity index (χ1) is 19.0. The number of ether oxygens (including phenoxy) is 2. The number of H-pyrrole nitrogens is 1. The monoisotopic (exact) mass is 587 g/mol. The summed E-state index contributed by atoms with van der Waals surface area (Å²) >= 11 is 0. The third-order valence-electron chi connectivity index (χ3n) is 6.47. The normalized spacial score (nSPS) is 14.0. The van der Waals surface area contributed by atoms with Gasteiger partial charge in [-0.3, -0.25) is 9.59 Å². The predicted molar refractivity (Wildman–Crippen MR) is 158 cm³/mol. The van der Waals surface area contributed by atoms with Gasteiger partial charge in [0.05, 0.1) is 12.2 Å². The molecule has 1 aromatic heterocycles. The highest BCUT2D eigenvalue weighted by atomic mass is 33.1. The summed E-state index contributed by atoms with van der Waals surface area (Å²) in [7, 11) is 5.72. The fourth-order valence-electron chi connectivity index (χ4n) is 4.38. The lowest BCUT2D eigenvalue weighted by Crippen LogP contribution is -2.33. The number of methoxy groups -OCH3 is 1. The number of hydrogen-bond acceptors (Lipinski definition) is 7. The Labute approximate surface area is 241 Å². The van der Waals surface area contributed by atoms with E-state index in [-0.39, 0.29) is 17.6 Å². The molecule has 40 heavy (non-hydrogen) atoms. The predicted octanol–water partition coefficient (Wildman–Crippen LogP) is 5.80. The number of nitrogens with one attached hydrogen (secondary N) is 2. The molecule has 4 rings (SSSR count). The summed E-state index contributed by atoms with van der Waals surface area (Å²) in [4.78, 5) is 42.2. The molecule has 11 heteroatoms. The van der Waals surface area contributed by atoms with Gasteiger partial charge in [0.2, 0.25) is 5.12 Å². The van der Waals surface area contributed by atoms with Crippen molar-refractivity contribution in [2.24, 2.45) is 5.41 Å². The van der Waals surface area contributed by atoms with E-state index in [1.807, 2.05) is 45.0 Å².